The maximum absolute atomic E-state index is 6.36. The summed E-state index contributed by atoms with van der Waals surface area (Å²) in [6.45, 7) is 9.39. The van der Waals surface area contributed by atoms with Crippen LogP contribution in [0.5, 0.6) is 0 Å². The van der Waals surface area contributed by atoms with Crippen LogP contribution in [0.15, 0.2) is 0 Å². The van der Waals surface area contributed by atoms with E-state index in [0.717, 1.165) is 30.5 Å². The molecule has 5 unspecified atom stereocenters. The SMILES string of the molecule is CC1CC(C)C(C)N(C2(CN)CC3CCC(C2)N3C)C1. The van der Waals surface area contributed by atoms with Crippen LogP contribution < -0.4 is 5.73 Å². The Morgan fingerprint density at radius 1 is 1.10 bits per heavy atom. The van der Waals surface area contributed by atoms with Crippen LogP contribution >= 0.6 is 0 Å². The van der Waals surface area contributed by atoms with Gasteiger partial charge in [0.25, 0.3) is 0 Å². The summed E-state index contributed by atoms with van der Waals surface area (Å²) in [5, 5.41) is 0. The summed E-state index contributed by atoms with van der Waals surface area (Å²) in [4.78, 5) is 5.46. The summed E-state index contributed by atoms with van der Waals surface area (Å²) in [5.41, 5.74) is 6.64. The van der Waals surface area contributed by atoms with Crippen LogP contribution in [-0.2, 0) is 0 Å². The minimum absolute atomic E-state index is 0.278. The van der Waals surface area contributed by atoms with Crippen molar-refractivity contribution in [3.05, 3.63) is 0 Å². The van der Waals surface area contributed by atoms with Crippen molar-refractivity contribution in [2.24, 2.45) is 17.6 Å². The van der Waals surface area contributed by atoms with Crippen LogP contribution in [0.2, 0.25) is 0 Å². The fraction of sp³-hybridized carbons (Fsp3) is 1.00. The molecule has 0 aromatic heterocycles. The Hall–Kier alpha value is -0.120. The van der Waals surface area contributed by atoms with Crippen molar-refractivity contribution in [1.29, 1.82) is 0 Å². The summed E-state index contributed by atoms with van der Waals surface area (Å²) in [6.07, 6.45) is 6.73. The average molecular weight is 279 g/mol. The Bertz CT molecular complexity index is 342. The van der Waals surface area contributed by atoms with Gasteiger partial charge in [0, 0.05) is 36.8 Å². The lowest BCUT2D eigenvalue weighted by Gasteiger charge is -2.56. The monoisotopic (exact) mass is 279 g/mol. The van der Waals surface area contributed by atoms with Crippen molar-refractivity contribution in [3.63, 3.8) is 0 Å². The molecule has 3 aliphatic rings. The molecule has 2 bridgehead atoms. The number of hydrogen-bond acceptors (Lipinski definition) is 3. The standard InChI is InChI=1S/C17H33N3/c1-12-7-13(2)14(3)20(10-12)17(11-18)8-15-5-6-16(9-17)19(15)4/h12-16H,5-11,18H2,1-4H3. The van der Waals surface area contributed by atoms with Crippen molar-refractivity contribution in [1.82, 2.24) is 9.80 Å². The third kappa shape index (κ3) is 2.22. The summed E-state index contributed by atoms with van der Waals surface area (Å²) in [6, 6.07) is 2.24. The highest BCUT2D eigenvalue weighted by molar-refractivity contribution is 5.08. The van der Waals surface area contributed by atoms with Crippen LogP contribution in [0.1, 0.15) is 52.9 Å². The highest BCUT2D eigenvalue weighted by Gasteiger charge is 2.51. The molecule has 116 valence electrons. The molecule has 3 heterocycles. The molecule has 0 saturated carbocycles. The minimum Gasteiger partial charge on any atom is -0.329 e. The van der Waals surface area contributed by atoms with Crippen molar-refractivity contribution in [2.45, 2.75) is 76.5 Å². The molecule has 0 spiro atoms. The average Bonchev–Trinajstić information content (AvgIpc) is 2.65. The van der Waals surface area contributed by atoms with Gasteiger partial charge in [-0.05, 0) is 57.9 Å². The number of nitrogens with zero attached hydrogens (tertiary/aromatic N) is 2. The van der Waals surface area contributed by atoms with Gasteiger partial charge >= 0.3 is 0 Å². The van der Waals surface area contributed by atoms with Crippen LogP contribution in [0.4, 0.5) is 0 Å². The van der Waals surface area contributed by atoms with Gasteiger partial charge in [-0.3, -0.25) is 4.90 Å². The Morgan fingerprint density at radius 2 is 1.70 bits per heavy atom. The third-order valence-electron chi connectivity index (χ3n) is 6.80. The summed E-state index contributed by atoms with van der Waals surface area (Å²) in [5.74, 6) is 1.63. The molecule has 0 amide bonds. The number of rotatable bonds is 2. The van der Waals surface area contributed by atoms with Crippen LogP contribution in [0.3, 0.4) is 0 Å². The van der Waals surface area contributed by atoms with Crippen molar-refractivity contribution >= 4 is 0 Å². The predicted octanol–water partition coefficient (Wildman–Crippen LogP) is 2.31. The first-order valence-corrected chi connectivity index (χ1v) is 8.65. The molecule has 3 fully saturated rings. The summed E-state index contributed by atoms with van der Waals surface area (Å²) in [7, 11) is 2.33. The second-order valence-electron chi connectivity index (χ2n) is 8.10. The lowest BCUT2D eigenvalue weighted by molar-refractivity contribution is -0.0615. The van der Waals surface area contributed by atoms with E-state index in [-0.39, 0.29) is 5.54 Å². The van der Waals surface area contributed by atoms with Gasteiger partial charge in [0.05, 0.1) is 0 Å². The topological polar surface area (TPSA) is 32.5 Å². The third-order valence-corrected chi connectivity index (χ3v) is 6.80. The molecule has 0 aromatic rings. The second-order valence-corrected chi connectivity index (χ2v) is 8.10. The molecule has 3 nitrogen and oxygen atoms in total. The molecule has 5 atom stereocenters. The Labute approximate surface area is 124 Å². The zero-order valence-corrected chi connectivity index (χ0v) is 13.8. The Balaban J connectivity index is 1.85. The van der Waals surface area contributed by atoms with Gasteiger partial charge in [-0.2, -0.15) is 0 Å². The van der Waals surface area contributed by atoms with E-state index in [9.17, 15) is 0 Å². The van der Waals surface area contributed by atoms with Gasteiger partial charge in [-0.1, -0.05) is 13.8 Å². The largest absolute Gasteiger partial charge is 0.329 e. The van der Waals surface area contributed by atoms with Crippen molar-refractivity contribution in [2.75, 3.05) is 20.1 Å². The number of piperidine rings is 2. The lowest BCUT2D eigenvalue weighted by atomic mass is 9.75. The van der Waals surface area contributed by atoms with E-state index in [2.05, 4.69) is 37.6 Å². The van der Waals surface area contributed by atoms with E-state index in [4.69, 9.17) is 5.73 Å². The molecule has 20 heavy (non-hydrogen) atoms. The fourth-order valence-corrected chi connectivity index (χ4v) is 5.40. The molecule has 0 aliphatic carbocycles. The second kappa shape index (κ2) is 5.26. The smallest absolute Gasteiger partial charge is 0.0364 e. The number of hydrogen-bond donors (Lipinski definition) is 1. The molecule has 3 heteroatoms. The van der Waals surface area contributed by atoms with Crippen LogP contribution in [0.25, 0.3) is 0 Å². The summed E-state index contributed by atoms with van der Waals surface area (Å²) < 4.78 is 0. The molecule has 3 rings (SSSR count). The molecule has 3 aliphatic heterocycles. The first-order chi connectivity index (χ1) is 9.47. The maximum atomic E-state index is 6.36. The first-order valence-electron chi connectivity index (χ1n) is 8.65. The Kier molecular flexibility index (Phi) is 3.89. The van der Waals surface area contributed by atoms with Crippen LogP contribution in [-0.4, -0.2) is 53.6 Å². The van der Waals surface area contributed by atoms with E-state index >= 15 is 0 Å². The van der Waals surface area contributed by atoms with E-state index in [1.807, 2.05) is 0 Å². The molecular formula is C17H33N3. The van der Waals surface area contributed by atoms with Gasteiger partial charge < -0.3 is 10.6 Å². The molecule has 3 saturated heterocycles. The lowest BCUT2D eigenvalue weighted by Crippen LogP contribution is -2.66. The van der Waals surface area contributed by atoms with Gasteiger partial charge in [0.15, 0.2) is 0 Å². The molecule has 2 N–H and O–H groups in total. The van der Waals surface area contributed by atoms with Gasteiger partial charge in [-0.15, -0.1) is 0 Å². The number of fused-ring (bicyclic) bond motifs is 2. The quantitative estimate of drug-likeness (QED) is 0.842. The first kappa shape index (κ1) is 14.8. The van der Waals surface area contributed by atoms with E-state index in [1.54, 1.807) is 0 Å². The zero-order chi connectivity index (χ0) is 14.5. The fourth-order valence-electron chi connectivity index (χ4n) is 5.40. The zero-order valence-electron chi connectivity index (χ0n) is 13.8. The molecular weight excluding hydrogens is 246 g/mol. The number of nitrogens with two attached hydrogens (primary N) is 1. The van der Waals surface area contributed by atoms with Crippen molar-refractivity contribution in [3.8, 4) is 0 Å². The van der Waals surface area contributed by atoms with E-state index in [0.29, 0.717) is 6.04 Å². The Morgan fingerprint density at radius 3 is 2.25 bits per heavy atom. The van der Waals surface area contributed by atoms with Crippen molar-refractivity contribution < 1.29 is 0 Å². The van der Waals surface area contributed by atoms with Gasteiger partial charge in [0.2, 0.25) is 0 Å². The van der Waals surface area contributed by atoms with E-state index in [1.165, 1.54) is 38.6 Å². The minimum atomic E-state index is 0.278. The predicted molar refractivity (Wildman–Crippen MR) is 84.7 cm³/mol. The highest BCUT2D eigenvalue weighted by atomic mass is 15.3. The normalized spacial score (nSPS) is 50.5. The van der Waals surface area contributed by atoms with Gasteiger partial charge in [0.1, 0.15) is 0 Å². The summed E-state index contributed by atoms with van der Waals surface area (Å²) >= 11 is 0. The number of likely N-dealkylation sites (tertiary alicyclic amines) is 1. The highest BCUT2D eigenvalue weighted by Crippen LogP contribution is 2.45. The van der Waals surface area contributed by atoms with E-state index < -0.39 is 0 Å². The van der Waals surface area contributed by atoms with Crippen LogP contribution in [0, 0.1) is 11.8 Å². The van der Waals surface area contributed by atoms with Gasteiger partial charge in [-0.25, -0.2) is 0 Å². The molecule has 0 radical (unpaired) electrons. The molecule has 0 aromatic carbocycles. The maximum Gasteiger partial charge on any atom is 0.0364 e.